The topological polar surface area (TPSA) is 104 Å². The van der Waals surface area contributed by atoms with Crippen LogP contribution in [0.3, 0.4) is 0 Å². The normalized spacial score (nSPS) is 17.6. The summed E-state index contributed by atoms with van der Waals surface area (Å²) in [6.45, 7) is 5.54. The fourth-order valence-corrected chi connectivity index (χ4v) is 4.19. The molecule has 1 aromatic carbocycles. The number of halogens is 2. The summed E-state index contributed by atoms with van der Waals surface area (Å²) >= 11 is 12.1. The largest absolute Gasteiger partial charge is 0.361 e. The number of aliphatic hydroxyl groups excluding tert-OH is 1. The zero-order valence-electron chi connectivity index (χ0n) is 18.4. The molecule has 2 aromatic rings. The van der Waals surface area contributed by atoms with Crippen LogP contribution in [-0.4, -0.2) is 52.9 Å². The Balaban J connectivity index is 1.46. The lowest BCUT2D eigenvalue weighted by Crippen LogP contribution is -2.51. The van der Waals surface area contributed by atoms with Gasteiger partial charge in [-0.15, -0.1) is 0 Å². The van der Waals surface area contributed by atoms with E-state index in [1.807, 2.05) is 36.9 Å². The number of piperidine rings is 1. The molecule has 7 nitrogen and oxygen atoms in total. The van der Waals surface area contributed by atoms with Crippen LogP contribution in [0.25, 0.3) is 0 Å². The number of nitrogens with two attached hydrogens (primary N) is 1. The van der Waals surface area contributed by atoms with Crippen molar-refractivity contribution in [2.75, 3.05) is 25.0 Å². The number of carbonyl (C=O) groups is 1. The third-order valence-electron chi connectivity index (χ3n) is 6.21. The Hall–Kier alpha value is -1.90. The molecule has 0 bridgehead atoms. The number of hydrogen-bond donors (Lipinski definition) is 4. The fraction of sp³-hybridized carbons (Fsp3) is 0.478. The lowest BCUT2D eigenvalue weighted by atomic mass is 9.83. The van der Waals surface area contributed by atoms with Crippen LogP contribution in [0.1, 0.15) is 32.3 Å². The number of pyridine rings is 1. The van der Waals surface area contributed by atoms with E-state index in [2.05, 4.69) is 15.6 Å². The summed E-state index contributed by atoms with van der Waals surface area (Å²) in [4.78, 5) is 18.8. The highest BCUT2D eigenvalue weighted by molar-refractivity contribution is 6.42. The van der Waals surface area contributed by atoms with Crippen LogP contribution in [0.5, 0.6) is 0 Å². The zero-order valence-corrected chi connectivity index (χ0v) is 19.9. The number of anilines is 1. The van der Waals surface area contributed by atoms with E-state index < -0.39 is 11.8 Å². The summed E-state index contributed by atoms with van der Waals surface area (Å²) in [6.07, 6.45) is 4.29. The molecule has 0 saturated carbocycles. The molecular formula is C23H31Cl2N5O2. The lowest BCUT2D eigenvalue weighted by Gasteiger charge is -2.37. The van der Waals surface area contributed by atoms with E-state index in [0.29, 0.717) is 16.6 Å². The quantitative estimate of drug-likeness (QED) is 0.433. The molecule has 2 heterocycles. The van der Waals surface area contributed by atoms with Crippen LogP contribution in [0.4, 0.5) is 5.69 Å². The number of carbonyl (C=O) groups excluding carboxylic acids is 1. The second-order valence-corrected chi connectivity index (χ2v) is 9.57. The number of hydrogen-bond acceptors (Lipinski definition) is 6. The van der Waals surface area contributed by atoms with Crippen molar-refractivity contribution >= 4 is 34.8 Å². The summed E-state index contributed by atoms with van der Waals surface area (Å²) in [6, 6.07) is 8.71. The van der Waals surface area contributed by atoms with Gasteiger partial charge in [0.15, 0.2) is 6.35 Å². The van der Waals surface area contributed by atoms with Gasteiger partial charge in [-0.1, -0.05) is 29.3 Å². The molecule has 1 aromatic heterocycles. The van der Waals surface area contributed by atoms with Crippen molar-refractivity contribution in [3.63, 3.8) is 0 Å². The number of nitrogens with one attached hydrogen (secondary N) is 2. The van der Waals surface area contributed by atoms with Crippen molar-refractivity contribution in [2.24, 2.45) is 11.7 Å². The Morgan fingerprint density at radius 2 is 1.88 bits per heavy atom. The smallest absolute Gasteiger partial charge is 0.230 e. The van der Waals surface area contributed by atoms with Gasteiger partial charge in [-0.2, -0.15) is 0 Å². The highest BCUT2D eigenvalue weighted by Gasteiger charge is 2.32. The van der Waals surface area contributed by atoms with E-state index in [1.54, 1.807) is 24.5 Å². The summed E-state index contributed by atoms with van der Waals surface area (Å²) < 4.78 is 0. The predicted molar refractivity (Wildman–Crippen MR) is 129 cm³/mol. The van der Waals surface area contributed by atoms with Crippen LogP contribution in [0.15, 0.2) is 42.7 Å². The molecule has 0 aliphatic carbocycles. The van der Waals surface area contributed by atoms with Gasteiger partial charge in [0.05, 0.1) is 15.5 Å². The number of benzene rings is 1. The van der Waals surface area contributed by atoms with Crippen LogP contribution in [0, 0.1) is 5.92 Å². The molecule has 2 unspecified atom stereocenters. The molecule has 5 N–H and O–H groups in total. The number of aromatic nitrogens is 1. The maximum Gasteiger partial charge on any atom is 0.230 e. The molecule has 2 atom stereocenters. The number of amides is 1. The standard InChI is InChI=1S/C23H31Cl2N5O2/c1-23(2,16-3-4-18(24)19(25)13-16)21(31)28-14-20(26)15-7-11-30(12-8-15)22(32)29-17-5-9-27-10-6-17/h3-6,9-10,13,15,20,22,32H,7-8,11-12,14,26H2,1-2H3,(H,27,29)(H,28,31). The maximum absolute atomic E-state index is 12.9. The van der Waals surface area contributed by atoms with E-state index in [4.69, 9.17) is 28.9 Å². The monoisotopic (exact) mass is 479 g/mol. The van der Waals surface area contributed by atoms with Crippen LogP contribution in [-0.2, 0) is 10.2 Å². The lowest BCUT2D eigenvalue weighted by molar-refractivity contribution is -0.125. The second kappa shape index (κ2) is 10.8. The molecule has 1 fully saturated rings. The number of likely N-dealkylation sites (tertiary alicyclic amines) is 1. The first kappa shape index (κ1) is 24.7. The van der Waals surface area contributed by atoms with Gasteiger partial charge in [0.25, 0.3) is 0 Å². The average molecular weight is 480 g/mol. The van der Waals surface area contributed by atoms with Gasteiger partial charge < -0.3 is 21.5 Å². The van der Waals surface area contributed by atoms with Gasteiger partial charge in [0, 0.05) is 43.8 Å². The Bertz CT molecular complexity index is 905. The average Bonchev–Trinajstić information content (AvgIpc) is 2.79. The summed E-state index contributed by atoms with van der Waals surface area (Å²) in [7, 11) is 0. The SMILES string of the molecule is CC(C)(C(=O)NCC(N)C1CCN(C(O)Nc2ccncc2)CC1)c1ccc(Cl)c(Cl)c1. The second-order valence-electron chi connectivity index (χ2n) is 8.76. The Labute approximate surface area is 199 Å². The van der Waals surface area contributed by atoms with Gasteiger partial charge in [0.1, 0.15) is 0 Å². The molecule has 1 aliphatic rings. The van der Waals surface area contributed by atoms with Crippen molar-refractivity contribution in [3.05, 3.63) is 58.3 Å². The van der Waals surface area contributed by atoms with E-state index in [1.165, 1.54) is 0 Å². The summed E-state index contributed by atoms with van der Waals surface area (Å²) in [5.74, 6) is 0.161. The Morgan fingerprint density at radius 3 is 2.50 bits per heavy atom. The van der Waals surface area contributed by atoms with Gasteiger partial charge in [0.2, 0.25) is 5.91 Å². The third kappa shape index (κ3) is 6.11. The van der Waals surface area contributed by atoms with Gasteiger partial charge >= 0.3 is 0 Å². The molecule has 3 rings (SSSR count). The zero-order chi connectivity index (χ0) is 23.3. The number of nitrogens with zero attached hydrogens (tertiary/aromatic N) is 2. The first-order valence-corrected chi connectivity index (χ1v) is 11.5. The van der Waals surface area contributed by atoms with E-state index in [0.717, 1.165) is 37.2 Å². The molecule has 1 amide bonds. The van der Waals surface area contributed by atoms with Crippen molar-refractivity contribution < 1.29 is 9.90 Å². The maximum atomic E-state index is 12.9. The number of aliphatic hydroxyl groups is 1. The van der Waals surface area contributed by atoms with E-state index in [9.17, 15) is 9.90 Å². The predicted octanol–water partition coefficient (Wildman–Crippen LogP) is 3.21. The molecule has 32 heavy (non-hydrogen) atoms. The van der Waals surface area contributed by atoms with Gasteiger partial charge in [-0.05, 0) is 62.4 Å². The molecule has 0 radical (unpaired) electrons. The van der Waals surface area contributed by atoms with Crippen molar-refractivity contribution in [2.45, 2.75) is 44.5 Å². The highest BCUT2D eigenvalue weighted by Crippen LogP contribution is 2.30. The minimum atomic E-state index is -0.764. The molecule has 174 valence electrons. The van der Waals surface area contributed by atoms with Crippen LogP contribution in [0.2, 0.25) is 10.0 Å². The minimum absolute atomic E-state index is 0.110. The highest BCUT2D eigenvalue weighted by atomic mass is 35.5. The molecular weight excluding hydrogens is 449 g/mol. The summed E-state index contributed by atoms with van der Waals surface area (Å²) in [5.41, 5.74) is 7.26. The van der Waals surface area contributed by atoms with Crippen molar-refractivity contribution in [3.8, 4) is 0 Å². The molecule has 0 spiro atoms. The van der Waals surface area contributed by atoms with Crippen LogP contribution >= 0.6 is 23.2 Å². The Kier molecular flexibility index (Phi) is 8.36. The van der Waals surface area contributed by atoms with Crippen molar-refractivity contribution in [1.82, 2.24) is 15.2 Å². The Morgan fingerprint density at radius 1 is 1.22 bits per heavy atom. The summed E-state index contributed by atoms with van der Waals surface area (Å²) in [5, 5.41) is 17.4. The molecule has 1 saturated heterocycles. The number of rotatable bonds is 8. The van der Waals surface area contributed by atoms with Crippen molar-refractivity contribution in [1.29, 1.82) is 0 Å². The van der Waals surface area contributed by atoms with E-state index >= 15 is 0 Å². The fourth-order valence-electron chi connectivity index (χ4n) is 3.89. The van der Waals surface area contributed by atoms with Gasteiger partial charge in [-0.25, -0.2) is 0 Å². The van der Waals surface area contributed by atoms with Gasteiger partial charge in [-0.3, -0.25) is 14.7 Å². The van der Waals surface area contributed by atoms with E-state index in [-0.39, 0.29) is 17.9 Å². The third-order valence-corrected chi connectivity index (χ3v) is 6.95. The minimum Gasteiger partial charge on any atom is -0.361 e. The molecule has 9 heteroatoms. The molecule has 1 aliphatic heterocycles. The first-order valence-electron chi connectivity index (χ1n) is 10.8. The first-order chi connectivity index (χ1) is 15.2. The van der Waals surface area contributed by atoms with Crippen LogP contribution < -0.4 is 16.4 Å².